The van der Waals surface area contributed by atoms with Crippen molar-refractivity contribution in [2.45, 2.75) is 102 Å². The fourth-order valence-electron chi connectivity index (χ4n) is 4.93. The second-order valence-corrected chi connectivity index (χ2v) is 12.1. The average molecular weight is 567 g/mol. The van der Waals surface area contributed by atoms with Crippen LogP contribution in [0.5, 0.6) is 11.5 Å². The molecule has 2 aromatic carbocycles. The number of ketones is 2. The molecule has 0 spiro atoms. The van der Waals surface area contributed by atoms with Crippen molar-refractivity contribution in [3.05, 3.63) is 47.5 Å². The molecular formula is C34H50N2O3S. The van der Waals surface area contributed by atoms with Crippen LogP contribution in [0.1, 0.15) is 113 Å². The number of Topliss-reactive ketones (excluding diaryl/α,β-unsaturated/α-hetero) is 2. The number of nitrogens with zero attached hydrogens (tertiary/aromatic N) is 2. The second-order valence-electron chi connectivity index (χ2n) is 11.0. The van der Waals surface area contributed by atoms with Crippen molar-refractivity contribution in [2.75, 3.05) is 39.3 Å². The van der Waals surface area contributed by atoms with E-state index in [4.69, 9.17) is 4.74 Å². The van der Waals surface area contributed by atoms with Gasteiger partial charge in [0.15, 0.2) is 11.6 Å². The van der Waals surface area contributed by atoms with Crippen LogP contribution in [0, 0.1) is 0 Å². The Labute approximate surface area is 247 Å². The summed E-state index contributed by atoms with van der Waals surface area (Å²) in [6.45, 7) is 14.7. The van der Waals surface area contributed by atoms with E-state index >= 15 is 0 Å². The highest BCUT2D eigenvalue weighted by Crippen LogP contribution is 2.47. The molecule has 1 heterocycles. The fraction of sp³-hybridized carbons (Fsp3) is 0.588. The van der Waals surface area contributed by atoms with Crippen molar-refractivity contribution in [3.63, 3.8) is 0 Å². The highest BCUT2D eigenvalue weighted by molar-refractivity contribution is 7.99. The van der Waals surface area contributed by atoms with Crippen molar-refractivity contribution in [1.82, 2.24) is 9.80 Å². The molecule has 0 saturated heterocycles. The third-order valence-electron chi connectivity index (χ3n) is 7.59. The molecule has 0 aromatic heterocycles. The standard InChI is InChI=1S/C34H50N2O3S/c1-5-9-19-35(20-10-6-2)23-17-29(37)27-14-16-33-32(25-27)39-31-15-13-28(26-34(31)40-33)30(38)18-24-36(21-11-7-3)22-12-8-4/h13-16,25-26H,5-12,17-24H2,1-4H3. The Kier molecular flexibility index (Phi) is 14.3. The van der Waals surface area contributed by atoms with Gasteiger partial charge in [-0.25, -0.2) is 0 Å². The van der Waals surface area contributed by atoms with Crippen LogP contribution >= 0.6 is 11.8 Å². The molecule has 0 atom stereocenters. The lowest BCUT2D eigenvalue weighted by molar-refractivity contribution is 0.0954. The Morgan fingerprint density at radius 3 is 1.57 bits per heavy atom. The van der Waals surface area contributed by atoms with E-state index in [1.807, 2.05) is 36.4 Å². The second kappa shape index (κ2) is 17.6. The molecule has 1 aliphatic rings. The van der Waals surface area contributed by atoms with Crippen LogP contribution < -0.4 is 4.74 Å². The minimum Gasteiger partial charge on any atom is -0.455 e. The molecule has 0 fully saturated rings. The van der Waals surface area contributed by atoms with Gasteiger partial charge in [-0.15, -0.1) is 0 Å². The SMILES string of the molecule is CCCCN(CCCC)CCC(=O)c1ccc2c(c1)Oc1ccc(C(=O)CCN(CCCC)CCCC)cc1S2. The number of hydrogen-bond donors (Lipinski definition) is 0. The maximum absolute atomic E-state index is 13.1. The molecule has 3 rings (SSSR count). The molecule has 2 aromatic rings. The van der Waals surface area contributed by atoms with Gasteiger partial charge in [0.2, 0.25) is 0 Å². The number of hydrogen-bond acceptors (Lipinski definition) is 6. The van der Waals surface area contributed by atoms with Crippen LogP contribution in [-0.2, 0) is 0 Å². The zero-order valence-electron chi connectivity index (χ0n) is 25.3. The van der Waals surface area contributed by atoms with Crippen LogP contribution in [0.4, 0.5) is 0 Å². The van der Waals surface area contributed by atoms with Crippen LogP contribution in [0.15, 0.2) is 46.2 Å². The third kappa shape index (κ3) is 10.0. The Morgan fingerprint density at radius 2 is 1.07 bits per heavy atom. The molecular weight excluding hydrogens is 516 g/mol. The van der Waals surface area contributed by atoms with Crippen LogP contribution in [-0.4, -0.2) is 60.6 Å². The molecule has 40 heavy (non-hydrogen) atoms. The third-order valence-corrected chi connectivity index (χ3v) is 8.69. The van der Waals surface area contributed by atoms with Gasteiger partial charge in [-0.1, -0.05) is 71.2 Å². The van der Waals surface area contributed by atoms with Gasteiger partial charge in [0.05, 0.1) is 9.79 Å². The minimum absolute atomic E-state index is 0.160. The van der Waals surface area contributed by atoms with E-state index in [0.29, 0.717) is 18.4 Å². The smallest absolute Gasteiger partial charge is 0.164 e. The predicted molar refractivity (Wildman–Crippen MR) is 167 cm³/mol. The van der Waals surface area contributed by atoms with Crippen LogP contribution in [0.25, 0.3) is 0 Å². The molecule has 0 amide bonds. The van der Waals surface area contributed by atoms with Crippen LogP contribution in [0.2, 0.25) is 0 Å². The summed E-state index contributed by atoms with van der Waals surface area (Å²) in [5.41, 5.74) is 1.45. The van der Waals surface area contributed by atoms with Gasteiger partial charge in [0.25, 0.3) is 0 Å². The number of rotatable bonds is 20. The molecule has 0 aliphatic carbocycles. The van der Waals surface area contributed by atoms with E-state index < -0.39 is 0 Å². The molecule has 0 bridgehead atoms. The summed E-state index contributed by atoms with van der Waals surface area (Å²) < 4.78 is 6.22. The van der Waals surface area contributed by atoms with Crippen molar-refractivity contribution in [1.29, 1.82) is 0 Å². The van der Waals surface area contributed by atoms with Gasteiger partial charge < -0.3 is 14.5 Å². The molecule has 1 aliphatic heterocycles. The molecule has 0 radical (unpaired) electrons. The molecule has 0 saturated carbocycles. The molecule has 0 N–H and O–H groups in total. The number of carbonyl (C=O) groups is 2. The zero-order chi connectivity index (χ0) is 28.7. The molecule has 6 heteroatoms. The molecule has 5 nitrogen and oxygen atoms in total. The molecule has 220 valence electrons. The van der Waals surface area contributed by atoms with Gasteiger partial charge in [-0.05, 0) is 82.2 Å². The van der Waals surface area contributed by atoms with Crippen molar-refractivity contribution < 1.29 is 14.3 Å². The van der Waals surface area contributed by atoms with Crippen LogP contribution in [0.3, 0.4) is 0 Å². The largest absolute Gasteiger partial charge is 0.455 e. The topological polar surface area (TPSA) is 49.9 Å². The Hall–Kier alpha value is -2.15. The van der Waals surface area contributed by atoms with E-state index in [-0.39, 0.29) is 11.6 Å². The van der Waals surface area contributed by atoms with Crippen molar-refractivity contribution in [2.24, 2.45) is 0 Å². The lowest BCUT2D eigenvalue weighted by Gasteiger charge is -2.23. The van der Waals surface area contributed by atoms with Gasteiger partial charge in [0.1, 0.15) is 11.5 Å². The Bertz CT molecular complexity index is 985. The highest BCUT2D eigenvalue weighted by atomic mass is 32.2. The summed E-state index contributed by atoms with van der Waals surface area (Å²) in [7, 11) is 0. The number of carbonyl (C=O) groups excluding carboxylic acids is 2. The first kappa shape index (κ1) is 32.4. The lowest BCUT2D eigenvalue weighted by Crippen LogP contribution is -2.28. The van der Waals surface area contributed by atoms with E-state index in [1.165, 1.54) is 51.4 Å². The van der Waals surface area contributed by atoms with E-state index in [9.17, 15) is 9.59 Å². The maximum atomic E-state index is 13.1. The number of fused-ring (bicyclic) bond motifs is 2. The summed E-state index contributed by atoms with van der Waals surface area (Å²) in [6.07, 6.45) is 10.4. The number of ether oxygens (including phenoxy) is 1. The normalized spacial score (nSPS) is 12.3. The summed E-state index contributed by atoms with van der Waals surface area (Å²) in [5, 5.41) is 0. The minimum atomic E-state index is 0.160. The van der Waals surface area contributed by atoms with Gasteiger partial charge >= 0.3 is 0 Å². The van der Waals surface area contributed by atoms with E-state index in [0.717, 1.165) is 66.1 Å². The van der Waals surface area contributed by atoms with E-state index in [2.05, 4.69) is 37.5 Å². The maximum Gasteiger partial charge on any atom is 0.164 e. The van der Waals surface area contributed by atoms with Crippen molar-refractivity contribution >= 4 is 23.3 Å². The first-order chi connectivity index (χ1) is 19.5. The average Bonchev–Trinajstić information content (AvgIpc) is 2.98. The van der Waals surface area contributed by atoms with E-state index in [1.54, 1.807) is 11.8 Å². The van der Waals surface area contributed by atoms with Gasteiger partial charge in [-0.2, -0.15) is 0 Å². The first-order valence-electron chi connectivity index (χ1n) is 15.6. The summed E-state index contributed by atoms with van der Waals surface area (Å²) in [6, 6.07) is 11.5. The fourth-order valence-corrected chi connectivity index (χ4v) is 5.90. The summed E-state index contributed by atoms with van der Waals surface area (Å²) in [5.74, 6) is 1.81. The van der Waals surface area contributed by atoms with Gasteiger partial charge in [-0.3, -0.25) is 9.59 Å². The lowest BCUT2D eigenvalue weighted by atomic mass is 10.1. The number of benzene rings is 2. The van der Waals surface area contributed by atoms with Gasteiger partial charge in [0, 0.05) is 37.1 Å². The summed E-state index contributed by atoms with van der Waals surface area (Å²) in [4.78, 5) is 32.9. The quantitative estimate of drug-likeness (QED) is 0.127. The summed E-state index contributed by atoms with van der Waals surface area (Å²) >= 11 is 1.61. The monoisotopic (exact) mass is 566 g/mol. The Balaban J connectivity index is 1.59. The van der Waals surface area contributed by atoms with Crippen molar-refractivity contribution in [3.8, 4) is 11.5 Å². The zero-order valence-corrected chi connectivity index (χ0v) is 26.1. The highest BCUT2D eigenvalue weighted by Gasteiger charge is 2.22. The first-order valence-corrected chi connectivity index (χ1v) is 16.5. The predicted octanol–water partition coefficient (Wildman–Crippen LogP) is 8.89. The molecule has 0 unspecified atom stereocenters. The number of unbranched alkanes of at least 4 members (excludes halogenated alkanes) is 4. The Morgan fingerprint density at radius 1 is 0.600 bits per heavy atom.